The maximum Gasteiger partial charge on any atom is 0.186 e. The fourth-order valence-corrected chi connectivity index (χ4v) is 2.36. The van der Waals surface area contributed by atoms with Crippen LogP contribution in [0, 0.1) is 33.9 Å². The van der Waals surface area contributed by atoms with Gasteiger partial charge in [-0.2, -0.15) is 0 Å². The van der Waals surface area contributed by atoms with Crippen LogP contribution in [-0.2, 0) is 0 Å². The Morgan fingerprint density at radius 1 is 0.905 bits per heavy atom. The molecule has 2 nitrogen and oxygen atoms in total. The first-order chi connectivity index (χ1) is 9.90. The first-order valence-corrected chi connectivity index (χ1v) is 6.04. The summed E-state index contributed by atoms with van der Waals surface area (Å²) in [6.07, 6.45) is 0. The van der Waals surface area contributed by atoms with Gasteiger partial charge in [-0.3, -0.25) is 4.57 Å². The number of nitrogens with one attached hydrogen (secondary N) is 1. The Labute approximate surface area is 119 Å². The van der Waals surface area contributed by atoms with Crippen LogP contribution in [0.15, 0.2) is 24.3 Å². The van der Waals surface area contributed by atoms with Gasteiger partial charge >= 0.3 is 0 Å². The largest absolute Gasteiger partial charge is 0.330 e. The number of imidazole rings is 1. The lowest BCUT2D eigenvalue weighted by atomic mass is 10.2. The third-order valence-electron chi connectivity index (χ3n) is 2.96. The molecule has 0 atom stereocenters. The van der Waals surface area contributed by atoms with Crippen molar-refractivity contribution < 1.29 is 22.0 Å². The molecule has 0 aliphatic rings. The summed E-state index contributed by atoms with van der Waals surface area (Å²) < 4.78 is 68.0. The Morgan fingerprint density at radius 3 is 2.14 bits per heavy atom. The number of nitrogens with zero attached hydrogens (tertiary/aromatic N) is 1. The van der Waals surface area contributed by atoms with Gasteiger partial charge in [-0.15, -0.1) is 0 Å². The van der Waals surface area contributed by atoms with Gasteiger partial charge in [0.2, 0.25) is 0 Å². The van der Waals surface area contributed by atoms with Crippen LogP contribution in [-0.4, -0.2) is 9.55 Å². The zero-order chi connectivity index (χ0) is 15.3. The van der Waals surface area contributed by atoms with Gasteiger partial charge in [0.1, 0.15) is 11.5 Å². The second-order valence-corrected chi connectivity index (χ2v) is 4.63. The number of benzene rings is 2. The Balaban J connectivity index is 2.47. The molecule has 0 radical (unpaired) electrons. The molecule has 21 heavy (non-hydrogen) atoms. The lowest BCUT2D eigenvalue weighted by Gasteiger charge is -2.09. The van der Waals surface area contributed by atoms with Crippen molar-refractivity contribution in [2.45, 2.75) is 0 Å². The molecule has 0 aliphatic heterocycles. The predicted octanol–water partition coefficient (Wildman–Crippen LogP) is 4.38. The second kappa shape index (κ2) is 4.66. The molecule has 0 unspecified atom stereocenters. The average Bonchev–Trinajstić information content (AvgIpc) is 2.73. The Morgan fingerprint density at radius 2 is 1.52 bits per heavy atom. The Bertz CT molecular complexity index is 902. The minimum atomic E-state index is -1.59. The van der Waals surface area contributed by atoms with Crippen LogP contribution in [0.2, 0.25) is 0 Å². The number of hydrogen-bond donors (Lipinski definition) is 1. The van der Waals surface area contributed by atoms with Crippen molar-refractivity contribution in [3.63, 3.8) is 0 Å². The molecule has 3 aromatic rings. The van der Waals surface area contributed by atoms with E-state index >= 15 is 0 Å². The zero-order valence-corrected chi connectivity index (χ0v) is 10.9. The van der Waals surface area contributed by atoms with Gasteiger partial charge in [0.05, 0.1) is 11.0 Å². The van der Waals surface area contributed by atoms with Crippen molar-refractivity contribution in [2.75, 3.05) is 0 Å². The number of aromatic amines is 1. The third kappa shape index (κ3) is 2.02. The maximum atomic E-state index is 13.9. The van der Waals surface area contributed by atoms with E-state index in [0.29, 0.717) is 0 Å². The molecule has 8 heteroatoms. The number of aromatic nitrogens is 2. The molecule has 3 rings (SSSR count). The molecule has 0 saturated carbocycles. The summed E-state index contributed by atoms with van der Waals surface area (Å²) in [6, 6.07) is 3.38. The average molecular weight is 316 g/mol. The Hall–Kier alpha value is -2.22. The lowest BCUT2D eigenvalue weighted by molar-refractivity contribution is 0.448. The molecule has 0 saturated heterocycles. The molecule has 0 amide bonds. The lowest BCUT2D eigenvalue weighted by Crippen LogP contribution is -2.06. The van der Waals surface area contributed by atoms with Crippen LogP contribution >= 0.6 is 12.2 Å². The summed E-state index contributed by atoms with van der Waals surface area (Å²) >= 11 is 4.89. The highest BCUT2D eigenvalue weighted by Gasteiger charge is 2.22. The van der Waals surface area contributed by atoms with E-state index in [4.69, 9.17) is 12.2 Å². The fourth-order valence-electron chi connectivity index (χ4n) is 2.06. The van der Waals surface area contributed by atoms with Crippen LogP contribution in [0.4, 0.5) is 22.0 Å². The summed E-state index contributed by atoms with van der Waals surface area (Å²) in [5, 5.41) is 0. The highest BCUT2D eigenvalue weighted by molar-refractivity contribution is 7.71. The molecular formula is C13H5F5N2S. The summed E-state index contributed by atoms with van der Waals surface area (Å²) in [7, 11) is 0. The van der Waals surface area contributed by atoms with Gasteiger partial charge in [0, 0.05) is 6.07 Å². The maximum absolute atomic E-state index is 13.9. The molecule has 108 valence electrons. The van der Waals surface area contributed by atoms with E-state index < -0.39 is 34.8 Å². The predicted molar refractivity (Wildman–Crippen MR) is 68.2 cm³/mol. The topological polar surface area (TPSA) is 20.7 Å². The number of rotatable bonds is 1. The van der Waals surface area contributed by atoms with Crippen molar-refractivity contribution in [2.24, 2.45) is 0 Å². The van der Waals surface area contributed by atoms with Crippen molar-refractivity contribution in [3.8, 4) is 5.69 Å². The van der Waals surface area contributed by atoms with Crippen LogP contribution in [0.25, 0.3) is 16.7 Å². The molecule has 0 aliphatic carbocycles. The number of fused-ring (bicyclic) bond motifs is 1. The SMILES string of the molecule is Fc1ccc2c(c1)[nH]c(=S)n2-c1c(F)c(F)cc(F)c1F. The van der Waals surface area contributed by atoms with Gasteiger partial charge < -0.3 is 4.98 Å². The minimum Gasteiger partial charge on any atom is -0.330 e. The van der Waals surface area contributed by atoms with Crippen LogP contribution in [0.3, 0.4) is 0 Å². The number of hydrogen-bond acceptors (Lipinski definition) is 1. The summed E-state index contributed by atoms with van der Waals surface area (Å²) in [5.41, 5.74) is -0.761. The van der Waals surface area contributed by atoms with Gasteiger partial charge in [-0.05, 0) is 30.4 Å². The molecule has 0 spiro atoms. The molecule has 2 aromatic carbocycles. The summed E-state index contributed by atoms with van der Waals surface area (Å²) in [4.78, 5) is 2.52. The molecule has 0 bridgehead atoms. The van der Waals surface area contributed by atoms with E-state index in [1.807, 2.05) is 0 Å². The number of halogens is 5. The molecule has 0 fully saturated rings. The van der Waals surface area contributed by atoms with Crippen LogP contribution in [0.1, 0.15) is 0 Å². The van der Waals surface area contributed by atoms with E-state index in [2.05, 4.69) is 4.98 Å². The highest BCUT2D eigenvalue weighted by Crippen LogP contribution is 2.27. The van der Waals surface area contributed by atoms with Gasteiger partial charge in [0.15, 0.2) is 28.0 Å². The summed E-state index contributed by atoms with van der Waals surface area (Å²) in [6.45, 7) is 0. The van der Waals surface area contributed by atoms with E-state index in [0.717, 1.165) is 16.7 Å². The molecule has 1 aromatic heterocycles. The monoisotopic (exact) mass is 316 g/mol. The van der Waals surface area contributed by atoms with Gasteiger partial charge in [-0.25, -0.2) is 22.0 Å². The smallest absolute Gasteiger partial charge is 0.186 e. The van der Waals surface area contributed by atoms with Crippen molar-refractivity contribution in [1.82, 2.24) is 9.55 Å². The van der Waals surface area contributed by atoms with E-state index in [1.54, 1.807) is 0 Å². The number of H-pyrrole nitrogens is 1. The highest BCUT2D eigenvalue weighted by atomic mass is 32.1. The fraction of sp³-hybridized carbons (Fsp3) is 0. The van der Waals surface area contributed by atoms with E-state index in [-0.39, 0.29) is 21.9 Å². The Kier molecular flexibility index (Phi) is 3.05. The van der Waals surface area contributed by atoms with Crippen molar-refractivity contribution in [1.29, 1.82) is 0 Å². The summed E-state index contributed by atoms with van der Waals surface area (Å²) in [5.74, 6) is -6.88. The van der Waals surface area contributed by atoms with Crippen molar-refractivity contribution >= 4 is 23.3 Å². The molecular weight excluding hydrogens is 311 g/mol. The van der Waals surface area contributed by atoms with Gasteiger partial charge in [-0.1, -0.05) is 0 Å². The third-order valence-corrected chi connectivity index (χ3v) is 3.24. The van der Waals surface area contributed by atoms with Crippen molar-refractivity contribution in [3.05, 3.63) is 58.1 Å². The van der Waals surface area contributed by atoms with E-state index in [1.165, 1.54) is 6.07 Å². The normalized spacial score (nSPS) is 11.3. The van der Waals surface area contributed by atoms with Gasteiger partial charge in [0.25, 0.3) is 0 Å². The first-order valence-electron chi connectivity index (χ1n) is 5.64. The molecule has 1 N–H and O–H groups in total. The quantitative estimate of drug-likeness (QED) is 0.401. The minimum absolute atomic E-state index is 0.0872. The molecule has 1 heterocycles. The first kappa shape index (κ1) is 13.7. The second-order valence-electron chi connectivity index (χ2n) is 4.24. The standard InChI is InChI=1S/C13H5F5N2S/c14-5-1-2-9-8(3-5)19-13(21)20(9)12-10(17)6(15)4-7(16)11(12)18/h1-4H,(H,19,21). The van der Waals surface area contributed by atoms with Crippen LogP contribution < -0.4 is 0 Å². The van der Waals surface area contributed by atoms with E-state index in [9.17, 15) is 22.0 Å². The van der Waals surface area contributed by atoms with Crippen LogP contribution in [0.5, 0.6) is 0 Å². The zero-order valence-electron chi connectivity index (χ0n) is 10.1.